The fourth-order valence-electron chi connectivity index (χ4n) is 0.791. The third kappa shape index (κ3) is 2.89. The quantitative estimate of drug-likeness (QED) is 0.607. The molecule has 0 amide bonds. The first kappa shape index (κ1) is 8.35. The van der Waals surface area contributed by atoms with Crippen molar-refractivity contribution in [2.45, 2.75) is 6.42 Å². The van der Waals surface area contributed by atoms with Gasteiger partial charge >= 0.3 is 6.47 Å². The van der Waals surface area contributed by atoms with Gasteiger partial charge in [0.1, 0.15) is 6.11 Å². The minimum Gasteiger partial charge on any atom is -0.364 e. The molecule has 0 unspecified atom stereocenters. The Morgan fingerprint density at radius 1 is 1.25 bits per heavy atom. The van der Waals surface area contributed by atoms with Crippen molar-refractivity contribution in [3.63, 3.8) is 0 Å². The van der Waals surface area contributed by atoms with Crippen LogP contribution in [0.2, 0.25) is 0 Å². The molecule has 0 spiro atoms. The Balaban J connectivity index is 2.44. The lowest BCUT2D eigenvalue weighted by molar-refractivity contribution is 0.420. The van der Waals surface area contributed by atoms with E-state index in [1.54, 1.807) is 0 Å². The van der Waals surface area contributed by atoms with Crippen molar-refractivity contribution in [1.82, 2.24) is 0 Å². The summed E-state index contributed by atoms with van der Waals surface area (Å²) in [7, 11) is 0. The highest BCUT2D eigenvalue weighted by atomic mass is 16.5. The van der Waals surface area contributed by atoms with Gasteiger partial charge in [-0.2, -0.15) is 0 Å². The molecule has 1 aromatic rings. The van der Waals surface area contributed by atoms with Gasteiger partial charge in [-0.05, 0) is 5.56 Å². The Morgan fingerprint density at radius 2 is 2.00 bits per heavy atom. The van der Waals surface area contributed by atoms with Crippen LogP contribution in [0.25, 0.3) is 0 Å². The second-order valence-corrected chi connectivity index (χ2v) is 2.13. The van der Waals surface area contributed by atoms with Gasteiger partial charge in [0.05, 0.1) is 0 Å². The molecule has 1 aromatic carbocycles. The second kappa shape index (κ2) is 4.97. The van der Waals surface area contributed by atoms with Gasteiger partial charge in [-0.25, -0.2) is 4.79 Å². The number of ether oxygens (including phenoxy) is 1. The fourth-order valence-corrected chi connectivity index (χ4v) is 0.791. The summed E-state index contributed by atoms with van der Waals surface area (Å²) in [5.74, 6) is 2.67. The summed E-state index contributed by atoms with van der Waals surface area (Å²) in [5.41, 5.74) is 1.10. The van der Waals surface area contributed by atoms with E-state index in [9.17, 15) is 4.79 Å². The Labute approximate surface area is 71.2 Å². The van der Waals surface area contributed by atoms with Crippen molar-refractivity contribution in [3.8, 4) is 12.0 Å². The summed E-state index contributed by atoms with van der Waals surface area (Å²) in [6.07, 6.45) is 2.80. The zero-order valence-electron chi connectivity index (χ0n) is 6.41. The van der Waals surface area contributed by atoms with E-state index in [2.05, 4.69) is 16.8 Å². The molecule has 2 heteroatoms. The van der Waals surface area contributed by atoms with Gasteiger partial charge in [-0.1, -0.05) is 36.3 Å². The van der Waals surface area contributed by atoms with Crippen molar-refractivity contribution >= 4 is 6.47 Å². The summed E-state index contributed by atoms with van der Waals surface area (Å²) in [6.45, 7) is 1.23. The van der Waals surface area contributed by atoms with E-state index in [1.807, 2.05) is 30.3 Å². The highest BCUT2D eigenvalue weighted by Gasteiger charge is 1.84. The lowest BCUT2D eigenvalue weighted by atomic mass is 10.2. The minimum atomic E-state index is 0.586. The minimum absolute atomic E-state index is 0.586. The summed E-state index contributed by atoms with van der Waals surface area (Å²) < 4.78 is 4.09. The van der Waals surface area contributed by atoms with Crippen molar-refractivity contribution in [2.24, 2.45) is 0 Å². The summed E-state index contributed by atoms with van der Waals surface area (Å²) >= 11 is 0. The summed E-state index contributed by atoms with van der Waals surface area (Å²) in [4.78, 5) is 9.57. The number of carbonyl (C=O) groups excluding carboxylic acids is 1. The van der Waals surface area contributed by atoms with Crippen molar-refractivity contribution in [3.05, 3.63) is 35.9 Å². The Morgan fingerprint density at radius 3 is 2.67 bits per heavy atom. The summed E-state index contributed by atoms with van der Waals surface area (Å²) in [6, 6.07) is 9.72. The molecule has 12 heavy (non-hydrogen) atoms. The maximum Gasteiger partial charge on any atom is 0.432 e. The number of rotatable bonds is 2. The molecule has 0 aliphatic heterocycles. The molecule has 0 aliphatic carbocycles. The molecule has 0 fully saturated rings. The molecule has 0 atom stereocenters. The summed E-state index contributed by atoms with van der Waals surface area (Å²) in [5, 5.41) is 0. The van der Waals surface area contributed by atoms with E-state index in [4.69, 9.17) is 0 Å². The van der Waals surface area contributed by atoms with E-state index >= 15 is 0 Å². The van der Waals surface area contributed by atoms with Crippen LogP contribution in [0.4, 0.5) is 0 Å². The maximum atomic E-state index is 9.57. The molecule has 1 rings (SSSR count). The van der Waals surface area contributed by atoms with Gasteiger partial charge in [0, 0.05) is 6.42 Å². The predicted octanol–water partition coefficient (Wildman–Crippen LogP) is 1.27. The van der Waals surface area contributed by atoms with Crippen molar-refractivity contribution < 1.29 is 9.53 Å². The molecule has 0 heterocycles. The molecule has 0 bridgehead atoms. The van der Waals surface area contributed by atoms with Crippen LogP contribution in [0.5, 0.6) is 0 Å². The number of hydrogen-bond donors (Lipinski definition) is 0. The van der Waals surface area contributed by atoms with E-state index < -0.39 is 0 Å². The fraction of sp³-hybridized carbons (Fsp3) is 0.100. The largest absolute Gasteiger partial charge is 0.432 e. The lowest BCUT2D eigenvalue weighted by Gasteiger charge is -1.90. The molecule has 59 valence electrons. The van der Waals surface area contributed by atoms with Crippen molar-refractivity contribution in [1.29, 1.82) is 0 Å². The van der Waals surface area contributed by atoms with Crippen LogP contribution in [0.1, 0.15) is 5.56 Å². The predicted molar refractivity (Wildman–Crippen MR) is 44.7 cm³/mol. The number of benzene rings is 1. The Bertz CT molecular complexity index is 293. The van der Waals surface area contributed by atoms with Gasteiger partial charge in [0.2, 0.25) is 0 Å². The van der Waals surface area contributed by atoms with Crippen LogP contribution < -0.4 is 0 Å². The Kier molecular flexibility index (Phi) is 3.46. The highest BCUT2D eigenvalue weighted by molar-refractivity contribution is 5.40. The Hall–Kier alpha value is -1.75. The average Bonchev–Trinajstić information content (AvgIpc) is 2.14. The monoisotopic (exact) mass is 159 g/mol. The lowest BCUT2D eigenvalue weighted by Crippen LogP contribution is -1.80. The number of hydrogen-bond acceptors (Lipinski definition) is 2. The first-order chi connectivity index (χ1) is 5.93. The molecule has 0 N–H and O–H groups in total. The van der Waals surface area contributed by atoms with Crippen LogP contribution in [0, 0.1) is 12.0 Å². The van der Waals surface area contributed by atoms with Crippen molar-refractivity contribution in [2.75, 3.05) is 0 Å². The van der Waals surface area contributed by atoms with E-state index in [0.717, 1.165) is 5.56 Å². The van der Waals surface area contributed by atoms with Crippen LogP contribution in [-0.4, -0.2) is 6.47 Å². The van der Waals surface area contributed by atoms with Gasteiger partial charge in [-0.3, -0.25) is 0 Å². The first-order valence-electron chi connectivity index (χ1n) is 3.48. The third-order valence-electron chi connectivity index (χ3n) is 1.30. The zero-order chi connectivity index (χ0) is 8.65. The molecular weight excluding hydrogens is 152 g/mol. The molecular formula is C10H7O2. The normalized spacial score (nSPS) is 8.00. The molecule has 0 aromatic heterocycles. The standard InChI is InChI=1S/C10H7O2/c11-9-12-8-4-7-10-5-2-1-3-6-10/h1-3,5-6H,7H2. The van der Waals surface area contributed by atoms with Crippen LogP contribution in [0.3, 0.4) is 0 Å². The second-order valence-electron chi connectivity index (χ2n) is 2.13. The SMILES string of the molecule is O=[C]OC#CCc1ccccc1. The molecule has 0 saturated heterocycles. The molecule has 2 nitrogen and oxygen atoms in total. The topological polar surface area (TPSA) is 26.3 Å². The third-order valence-corrected chi connectivity index (χ3v) is 1.30. The van der Waals surface area contributed by atoms with Gasteiger partial charge in [0.15, 0.2) is 0 Å². The van der Waals surface area contributed by atoms with Gasteiger partial charge in [-0.15, -0.1) is 0 Å². The maximum absolute atomic E-state index is 9.57. The zero-order valence-corrected chi connectivity index (χ0v) is 6.41. The van der Waals surface area contributed by atoms with Crippen LogP contribution in [-0.2, 0) is 16.0 Å². The first-order valence-corrected chi connectivity index (χ1v) is 3.48. The van der Waals surface area contributed by atoms with E-state index in [1.165, 1.54) is 6.47 Å². The van der Waals surface area contributed by atoms with Crippen LogP contribution >= 0.6 is 0 Å². The highest BCUT2D eigenvalue weighted by Crippen LogP contribution is 1.97. The smallest absolute Gasteiger partial charge is 0.364 e. The van der Waals surface area contributed by atoms with Crippen LogP contribution in [0.15, 0.2) is 30.3 Å². The average molecular weight is 159 g/mol. The van der Waals surface area contributed by atoms with E-state index in [0.29, 0.717) is 6.42 Å². The van der Waals surface area contributed by atoms with Gasteiger partial charge < -0.3 is 4.74 Å². The van der Waals surface area contributed by atoms with E-state index in [-0.39, 0.29) is 0 Å². The molecule has 0 aliphatic rings. The molecule has 1 radical (unpaired) electrons. The molecule has 0 saturated carbocycles. The van der Waals surface area contributed by atoms with Gasteiger partial charge in [0.25, 0.3) is 0 Å².